The highest BCUT2D eigenvalue weighted by molar-refractivity contribution is 5.97. The van der Waals surface area contributed by atoms with Crippen LogP contribution in [-0.4, -0.2) is 19.2 Å². The van der Waals surface area contributed by atoms with Crippen LogP contribution in [0.3, 0.4) is 0 Å². The number of esters is 1. The minimum Gasteiger partial charge on any atom is -0.493 e. The van der Waals surface area contributed by atoms with Crippen molar-refractivity contribution >= 4 is 22.5 Å². The lowest BCUT2D eigenvalue weighted by molar-refractivity contribution is -0.137. The molecule has 0 N–H and O–H groups in total. The first-order chi connectivity index (χ1) is 16.1. The Hall–Kier alpha value is -3.01. The Labute approximate surface area is 202 Å². The second kappa shape index (κ2) is 8.98. The van der Waals surface area contributed by atoms with Gasteiger partial charge in [-0.05, 0) is 79.3 Å². The van der Waals surface area contributed by atoms with Gasteiger partial charge in [0.2, 0.25) is 0 Å². The van der Waals surface area contributed by atoms with E-state index in [9.17, 15) is 4.79 Å². The zero-order valence-electron chi connectivity index (χ0n) is 21.5. The van der Waals surface area contributed by atoms with Crippen LogP contribution in [-0.2, 0) is 20.4 Å². The molecule has 1 heterocycles. The molecule has 34 heavy (non-hydrogen) atoms. The first kappa shape index (κ1) is 24.1. The van der Waals surface area contributed by atoms with Crippen molar-refractivity contribution < 1.29 is 18.7 Å². The lowest BCUT2D eigenvalue weighted by Crippen LogP contribution is -2.33. The molecule has 1 aliphatic rings. The summed E-state index contributed by atoms with van der Waals surface area (Å²) in [4.78, 5) is 11.9. The Morgan fingerprint density at radius 1 is 0.971 bits per heavy atom. The standard InChI is InChI=1S/C30H36O4/c1-8-32-26-18-24-23(29(4,5)13-14-30(24,6)7)17-22(26)21-12-10-11-20-16-25(34-28(20)21)19(3)15-27(31)33-9-2/h10-12,15-18H,8-9,13-14H2,1-7H3/b19-15+. The zero-order chi connectivity index (χ0) is 24.7. The first-order valence-electron chi connectivity index (χ1n) is 12.3. The number of para-hydroxylation sites is 1. The molecule has 0 atom stereocenters. The van der Waals surface area contributed by atoms with E-state index in [1.54, 1.807) is 6.92 Å². The van der Waals surface area contributed by atoms with E-state index in [0.29, 0.717) is 19.0 Å². The van der Waals surface area contributed by atoms with Crippen LogP contribution in [0, 0.1) is 0 Å². The monoisotopic (exact) mass is 460 g/mol. The SMILES string of the molecule is CCOC(=O)/C=C(\C)c1cc2cccc(-c3cc4c(cc3OCC)C(C)(C)CCC4(C)C)c2o1. The van der Waals surface area contributed by atoms with Gasteiger partial charge in [-0.25, -0.2) is 4.79 Å². The average molecular weight is 461 g/mol. The maximum absolute atomic E-state index is 11.9. The average Bonchev–Trinajstić information content (AvgIpc) is 3.22. The Bertz CT molecular complexity index is 1260. The number of rotatable bonds is 6. The van der Waals surface area contributed by atoms with Gasteiger partial charge < -0.3 is 13.9 Å². The van der Waals surface area contributed by atoms with Crippen molar-refractivity contribution in [2.45, 2.75) is 72.1 Å². The number of hydrogen-bond acceptors (Lipinski definition) is 4. The van der Waals surface area contributed by atoms with E-state index in [2.05, 4.69) is 45.9 Å². The first-order valence-corrected chi connectivity index (χ1v) is 12.3. The fraction of sp³-hybridized carbons (Fsp3) is 0.433. The Kier molecular flexibility index (Phi) is 6.37. The predicted molar refractivity (Wildman–Crippen MR) is 138 cm³/mol. The maximum atomic E-state index is 11.9. The third kappa shape index (κ3) is 4.38. The molecule has 0 spiro atoms. The van der Waals surface area contributed by atoms with E-state index < -0.39 is 0 Å². The van der Waals surface area contributed by atoms with Gasteiger partial charge in [0.1, 0.15) is 17.1 Å². The Morgan fingerprint density at radius 3 is 2.29 bits per heavy atom. The van der Waals surface area contributed by atoms with Crippen LogP contribution >= 0.6 is 0 Å². The van der Waals surface area contributed by atoms with Crippen LogP contribution in [0.1, 0.15) is 78.2 Å². The fourth-order valence-electron chi connectivity index (χ4n) is 4.98. The van der Waals surface area contributed by atoms with Gasteiger partial charge in [0, 0.05) is 22.6 Å². The molecule has 0 bridgehead atoms. The molecule has 0 unspecified atom stereocenters. The molecule has 4 rings (SSSR count). The summed E-state index contributed by atoms with van der Waals surface area (Å²) in [6, 6.07) is 12.7. The number of furan rings is 1. The predicted octanol–water partition coefficient (Wildman–Crippen LogP) is 7.81. The van der Waals surface area contributed by atoms with Crippen LogP contribution in [0.2, 0.25) is 0 Å². The van der Waals surface area contributed by atoms with Crippen molar-refractivity contribution in [3.63, 3.8) is 0 Å². The molecule has 4 nitrogen and oxygen atoms in total. The third-order valence-corrected chi connectivity index (χ3v) is 7.10. The summed E-state index contributed by atoms with van der Waals surface area (Å²) in [5.74, 6) is 1.18. The number of carbonyl (C=O) groups is 1. The van der Waals surface area contributed by atoms with Crippen LogP contribution in [0.5, 0.6) is 5.75 Å². The van der Waals surface area contributed by atoms with Gasteiger partial charge in [-0.1, -0.05) is 45.9 Å². The zero-order valence-corrected chi connectivity index (χ0v) is 21.5. The highest BCUT2D eigenvalue weighted by Crippen LogP contribution is 2.50. The number of benzene rings is 2. The molecular formula is C30H36O4. The lowest BCUT2D eigenvalue weighted by atomic mass is 9.62. The van der Waals surface area contributed by atoms with Gasteiger partial charge in [-0.2, -0.15) is 0 Å². The van der Waals surface area contributed by atoms with Crippen LogP contribution < -0.4 is 4.74 Å². The van der Waals surface area contributed by atoms with Gasteiger partial charge >= 0.3 is 5.97 Å². The molecule has 180 valence electrons. The summed E-state index contributed by atoms with van der Waals surface area (Å²) in [5.41, 5.74) is 6.52. The minimum atomic E-state index is -0.362. The topological polar surface area (TPSA) is 48.7 Å². The smallest absolute Gasteiger partial charge is 0.331 e. The minimum absolute atomic E-state index is 0.0888. The molecule has 0 amide bonds. The number of hydrogen-bond donors (Lipinski definition) is 0. The second-order valence-electron chi connectivity index (χ2n) is 10.5. The molecule has 0 saturated heterocycles. The quantitative estimate of drug-likeness (QED) is 0.278. The van der Waals surface area contributed by atoms with E-state index in [1.807, 2.05) is 32.0 Å². The van der Waals surface area contributed by atoms with Crippen LogP contribution in [0.25, 0.3) is 27.7 Å². The summed E-state index contributed by atoms with van der Waals surface area (Å²) in [5, 5.41) is 0.990. The van der Waals surface area contributed by atoms with Crippen molar-refractivity contribution in [3.8, 4) is 16.9 Å². The van der Waals surface area contributed by atoms with Crippen molar-refractivity contribution in [2.24, 2.45) is 0 Å². The van der Waals surface area contributed by atoms with Gasteiger partial charge in [-0.3, -0.25) is 0 Å². The molecule has 0 fully saturated rings. The van der Waals surface area contributed by atoms with Crippen molar-refractivity contribution in [2.75, 3.05) is 13.2 Å². The summed E-state index contributed by atoms with van der Waals surface area (Å²) in [7, 11) is 0. The van der Waals surface area contributed by atoms with Crippen molar-refractivity contribution in [1.29, 1.82) is 0 Å². The number of allylic oxidation sites excluding steroid dienone is 1. The van der Waals surface area contributed by atoms with E-state index >= 15 is 0 Å². The number of carbonyl (C=O) groups excluding carboxylic acids is 1. The second-order valence-corrected chi connectivity index (χ2v) is 10.5. The lowest BCUT2D eigenvalue weighted by Gasteiger charge is -2.42. The molecule has 2 aromatic carbocycles. The van der Waals surface area contributed by atoms with Crippen LogP contribution in [0.4, 0.5) is 0 Å². The summed E-state index contributed by atoms with van der Waals surface area (Å²) in [6.45, 7) is 15.9. The molecule has 0 radical (unpaired) electrons. The number of ether oxygens (including phenoxy) is 2. The molecule has 4 heteroatoms. The third-order valence-electron chi connectivity index (χ3n) is 7.10. The van der Waals surface area contributed by atoms with Gasteiger partial charge in [0.05, 0.1) is 13.2 Å². The molecule has 3 aromatic rings. The summed E-state index contributed by atoms with van der Waals surface area (Å²) >= 11 is 0. The highest BCUT2D eigenvalue weighted by Gasteiger charge is 2.38. The Balaban J connectivity index is 1.91. The largest absolute Gasteiger partial charge is 0.493 e. The van der Waals surface area contributed by atoms with E-state index in [1.165, 1.54) is 17.2 Å². The van der Waals surface area contributed by atoms with Gasteiger partial charge in [0.25, 0.3) is 0 Å². The van der Waals surface area contributed by atoms with E-state index in [4.69, 9.17) is 13.9 Å². The molecule has 0 aliphatic heterocycles. The van der Waals surface area contributed by atoms with Crippen molar-refractivity contribution in [1.82, 2.24) is 0 Å². The van der Waals surface area contributed by atoms with Crippen LogP contribution in [0.15, 0.2) is 46.9 Å². The van der Waals surface area contributed by atoms with Gasteiger partial charge in [0.15, 0.2) is 0 Å². The maximum Gasteiger partial charge on any atom is 0.331 e. The Morgan fingerprint density at radius 2 is 1.65 bits per heavy atom. The fourth-order valence-corrected chi connectivity index (χ4v) is 4.98. The van der Waals surface area contributed by atoms with Gasteiger partial charge in [-0.15, -0.1) is 0 Å². The highest BCUT2D eigenvalue weighted by atomic mass is 16.5. The van der Waals surface area contributed by atoms with E-state index in [-0.39, 0.29) is 16.8 Å². The number of fused-ring (bicyclic) bond motifs is 2. The summed E-state index contributed by atoms with van der Waals surface area (Å²) in [6.07, 6.45) is 3.78. The van der Waals surface area contributed by atoms with E-state index in [0.717, 1.165) is 46.3 Å². The van der Waals surface area contributed by atoms with Crippen molar-refractivity contribution in [3.05, 3.63) is 59.4 Å². The molecule has 1 aromatic heterocycles. The normalized spacial score (nSPS) is 16.9. The molecule has 1 aliphatic carbocycles. The molecule has 0 saturated carbocycles. The molecular weight excluding hydrogens is 424 g/mol. The summed E-state index contributed by atoms with van der Waals surface area (Å²) < 4.78 is 17.6.